The van der Waals surface area contributed by atoms with Gasteiger partial charge in [0.05, 0.1) is 36.6 Å². The van der Waals surface area contributed by atoms with Crippen LogP contribution in [0.1, 0.15) is 10.7 Å². The molecule has 0 saturated carbocycles. The molecule has 104 valence electrons. The summed E-state index contributed by atoms with van der Waals surface area (Å²) in [5.41, 5.74) is 1.11. The minimum absolute atomic E-state index is 0.339. The molecule has 0 radical (unpaired) electrons. The number of hydrogen-bond acceptors (Lipinski definition) is 6. The van der Waals surface area contributed by atoms with Gasteiger partial charge in [-0.05, 0) is 6.92 Å². The van der Waals surface area contributed by atoms with Crippen LogP contribution in [0.2, 0.25) is 0 Å². The molecule has 1 aromatic rings. The van der Waals surface area contributed by atoms with Gasteiger partial charge in [0.15, 0.2) is 0 Å². The van der Waals surface area contributed by atoms with E-state index in [0.717, 1.165) is 23.7 Å². The number of ether oxygens (including phenoxy) is 2. The summed E-state index contributed by atoms with van der Waals surface area (Å²) in [4.78, 5) is 4.37. The molecule has 0 aliphatic carbocycles. The summed E-state index contributed by atoms with van der Waals surface area (Å²) >= 11 is 1.66. The van der Waals surface area contributed by atoms with Crippen LogP contribution in [0.5, 0.6) is 0 Å². The van der Waals surface area contributed by atoms with E-state index in [9.17, 15) is 5.11 Å². The van der Waals surface area contributed by atoms with E-state index in [2.05, 4.69) is 15.7 Å². The highest BCUT2D eigenvalue weighted by Gasteiger charge is 2.04. The van der Waals surface area contributed by atoms with Gasteiger partial charge in [0.1, 0.15) is 0 Å². The third kappa shape index (κ3) is 7.03. The molecule has 2 N–H and O–H groups in total. The Morgan fingerprint density at radius 1 is 1.50 bits per heavy atom. The fourth-order valence-electron chi connectivity index (χ4n) is 1.43. The highest BCUT2D eigenvalue weighted by atomic mass is 32.1. The molecule has 1 heterocycles. The van der Waals surface area contributed by atoms with Gasteiger partial charge in [0.2, 0.25) is 0 Å². The van der Waals surface area contributed by atoms with Crippen LogP contribution < -0.4 is 5.32 Å². The van der Waals surface area contributed by atoms with Crippen molar-refractivity contribution in [1.29, 1.82) is 0 Å². The van der Waals surface area contributed by atoms with Crippen molar-refractivity contribution in [2.75, 3.05) is 40.0 Å². The second-order valence-corrected chi connectivity index (χ2v) is 5.10. The van der Waals surface area contributed by atoms with Crippen molar-refractivity contribution in [3.05, 3.63) is 16.1 Å². The molecule has 18 heavy (non-hydrogen) atoms. The lowest BCUT2D eigenvalue weighted by Gasteiger charge is -2.11. The summed E-state index contributed by atoms with van der Waals surface area (Å²) in [6.07, 6.45) is 0.417. The van der Waals surface area contributed by atoms with E-state index in [-0.39, 0.29) is 0 Å². The van der Waals surface area contributed by atoms with Crippen molar-refractivity contribution in [3.8, 4) is 0 Å². The molecule has 1 rings (SSSR count). The number of thiazole rings is 1. The lowest BCUT2D eigenvalue weighted by atomic mass is 10.3. The number of hydrogen-bond donors (Lipinski definition) is 2. The van der Waals surface area contributed by atoms with Crippen LogP contribution in [0.15, 0.2) is 5.38 Å². The Labute approximate surface area is 112 Å². The smallest absolute Gasteiger partial charge is 0.0897 e. The van der Waals surface area contributed by atoms with E-state index >= 15 is 0 Å². The molecule has 0 aromatic carbocycles. The van der Waals surface area contributed by atoms with Gasteiger partial charge in [0, 0.05) is 32.0 Å². The highest BCUT2D eigenvalue weighted by Crippen LogP contribution is 2.07. The number of aliphatic hydroxyl groups is 1. The first-order valence-electron chi connectivity index (χ1n) is 6.09. The summed E-state index contributed by atoms with van der Waals surface area (Å²) in [5, 5.41) is 16.0. The number of nitrogens with one attached hydrogen (secondary N) is 1. The first kappa shape index (κ1) is 15.5. The Kier molecular flexibility index (Phi) is 8.11. The highest BCUT2D eigenvalue weighted by molar-refractivity contribution is 7.09. The van der Waals surface area contributed by atoms with Gasteiger partial charge in [-0.25, -0.2) is 4.98 Å². The van der Waals surface area contributed by atoms with Crippen LogP contribution in [-0.2, 0) is 15.9 Å². The van der Waals surface area contributed by atoms with Crippen LogP contribution in [0, 0.1) is 6.92 Å². The summed E-state index contributed by atoms with van der Waals surface area (Å²) in [5.74, 6) is 0. The summed E-state index contributed by atoms with van der Waals surface area (Å²) in [6, 6.07) is 0. The maximum atomic E-state index is 9.61. The maximum absolute atomic E-state index is 9.61. The second-order valence-electron chi connectivity index (χ2n) is 4.03. The topological polar surface area (TPSA) is 63.6 Å². The third-order valence-electron chi connectivity index (χ3n) is 2.35. The van der Waals surface area contributed by atoms with Gasteiger partial charge >= 0.3 is 0 Å². The molecule has 6 heteroatoms. The monoisotopic (exact) mass is 274 g/mol. The van der Waals surface area contributed by atoms with Crippen molar-refractivity contribution < 1.29 is 14.6 Å². The molecule has 0 amide bonds. The molecule has 0 spiro atoms. The lowest BCUT2D eigenvalue weighted by molar-refractivity contribution is 0.0139. The largest absolute Gasteiger partial charge is 0.389 e. The zero-order valence-corrected chi connectivity index (χ0v) is 11.8. The number of aliphatic hydroxyl groups excluding tert-OH is 1. The van der Waals surface area contributed by atoms with Crippen LogP contribution in [0.3, 0.4) is 0 Å². The Balaban J connectivity index is 1.96. The summed E-state index contributed by atoms with van der Waals surface area (Å²) in [7, 11) is 1.63. The van der Waals surface area contributed by atoms with E-state index in [4.69, 9.17) is 9.47 Å². The summed E-state index contributed by atoms with van der Waals surface area (Å²) in [6.45, 7) is 4.78. The van der Waals surface area contributed by atoms with E-state index in [1.54, 1.807) is 18.4 Å². The molecule has 0 aliphatic heterocycles. The fraction of sp³-hybridized carbons (Fsp3) is 0.750. The van der Waals surface area contributed by atoms with Crippen LogP contribution in [-0.4, -0.2) is 56.2 Å². The third-order valence-corrected chi connectivity index (χ3v) is 3.17. The Hall–Kier alpha value is -0.530. The van der Waals surface area contributed by atoms with Crippen LogP contribution >= 0.6 is 11.3 Å². The van der Waals surface area contributed by atoms with Gasteiger partial charge in [-0.2, -0.15) is 0 Å². The predicted molar refractivity (Wildman–Crippen MR) is 72.1 cm³/mol. The van der Waals surface area contributed by atoms with Crippen molar-refractivity contribution in [2.45, 2.75) is 19.4 Å². The molecule has 5 nitrogen and oxygen atoms in total. The molecule has 0 bridgehead atoms. The molecule has 0 saturated heterocycles. The van der Waals surface area contributed by atoms with Gasteiger partial charge in [-0.15, -0.1) is 11.3 Å². The number of nitrogens with zero attached hydrogens (tertiary/aromatic N) is 1. The van der Waals surface area contributed by atoms with Crippen LogP contribution in [0.25, 0.3) is 0 Å². The minimum atomic E-state index is -0.473. The van der Waals surface area contributed by atoms with E-state index in [1.165, 1.54) is 0 Å². The molecule has 1 aromatic heterocycles. The zero-order chi connectivity index (χ0) is 13.2. The Bertz CT molecular complexity index is 320. The molecular formula is C12H22N2O3S. The van der Waals surface area contributed by atoms with Crippen molar-refractivity contribution >= 4 is 11.3 Å². The number of aromatic nitrogens is 1. The minimum Gasteiger partial charge on any atom is -0.389 e. The molecule has 0 aliphatic rings. The first-order valence-corrected chi connectivity index (χ1v) is 6.96. The van der Waals surface area contributed by atoms with Gasteiger partial charge in [0.25, 0.3) is 0 Å². The molecule has 0 fully saturated rings. The van der Waals surface area contributed by atoms with Gasteiger partial charge < -0.3 is 19.9 Å². The molecular weight excluding hydrogens is 252 g/mol. The SMILES string of the molecule is COCCOCC(O)CNCCc1csc(C)n1. The van der Waals surface area contributed by atoms with E-state index in [0.29, 0.717) is 26.4 Å². The molecule has 1 unspecified atom stereocenters. The number of rotatable bonds is 10. The van der Waals surface area contributed by atoms with Crippen molar-refractivity contribution in [2.24, 2.45) is 0 Å². The lowest BCUT2D eigenvalue weighted by Crippen LogP contribution is -2.32. The van der Waals surface area contributed by atoms with Crippen LogP contribution in [0.4, 0.5) is 0 Å². The van der Waals surface area contributed by atoms with E-state index < -0.39 is 6.10 Å². The van der Waals surface area contributed by atoms with Gasteiger partial charge in [-0.3, -0.25) is 0 Å². The number of aryl methyl sites for hydroxylation is 1. The average molecular weight is 274 g/mol. The first-order chi connectivity index (χ1) is 8.72. The fourth-order valence-corrected chi connectivity index (χ4v) is 2.08. The number of methoxy groups -OCH3 is 1. The normalized spacial score (nSPS) is 12.8. The van der Waals surface area contributed by atoms with Crippen molar-refractivity contribution in [1.82, 2.24) is 10.3 Å². The summed E-state index contributed by atoms with van der Waals surface area (Å²) < 4.78 is 10.1. The average Bonchev–Trinajstić information content (AvgIpc) is 2.76. The second kappa shape index (κ2) is 9.41. The quantitative estimate of drug-likeness (QED) is 0.612. The zero-order valence-electron chi connectivity index (χ0n) is 11.0. The Morgan fingerprint density at radius 3 is 3.00 bits per heavy atom. The molecule has 1 atom stereocenters. The van der Waals surface area contributed by atoms with Crippen molar-refractivity contribution in [3.63, 3.8) is 0 Å². The van der Waals surface area contributed by atoms with Gasteiger partial charge in [-0.1, -0.05) is 0 Å². The standard InChI is InChI=1S/C12H22N2O3S/c1-10-14-11(9-18-10)3-4-13-7-12(15)8-17-6-5-16-2/h9,12-13,15H,3-8H2,1-2H3. The Morgan fingerprint density at radius 2 is 2.33 bits per heavy atom. The maximum Gasteiger partial charge on any atom is 0.0897 e. The predicted octanol–water partition coefficient (Wildman–Crippen LogP) is 0.608. The van der Waals surface area contributed by atoms with E-state index in [1.807, 2.05) is 6.92 Å².